The van der Waals surface area contributed by atoms with Gasteiger partial charge >= 0.3 is 0 Å². The Balaban J connectivity index is 0.00000864. The Kier molecular flexibility index (Phi) is 21.9. The minimum atomic E-state index is -0.699. The first-order valence-electron chi connectivity index (χ1n) is 23.1. The minimum Gasteiger partial charge on any atom is -1.00 e. The highest BCUT2D eigenvalue weighted by molar-refractivity contribution is 5.81. The van der Waals surface area contributed by atoms with Crippen LogP contribution in [-0.4, -0.2) is 200 Å². The summed E-state index contributed by atoms with van der Waals surface area (Å²) in [5.74, 6) is 3.67. The van der Waals surface area contributed by atoms with Crippen LogP contribution in [-0.2, 0) is 43.1 Å². The number of carbonyl (C=O) groups is 2. The molecule has 0 saturated carbocycles. The van der Waals surface area contributed by atoms with Crippen LogP contribution in [0, 0.1) is 12.3 Å². The number of carbonyl (C=O) groups excluding carboxylic acids is 2. The number of piperazine rings is 2. The average molecular weight is 969 g/mol. The van der Waals surface area contributed by atoms with E-state index in [0.717, 1.165) is 24.9 Å². The molecule has 23 nitrogen and oxygen atoms in total. The molecule has 0 bridgehead atoms. The highest BCUT2D eigenvalue weighted by atomic mass is 35.5. The summed E-state index contributed by atoms with van der Waals surface area (Å²) in [7, 11) is 0. The van der Waals surface area contributed by atoms with Crippen LogP contribution in [0.2, 0.25) is 0 Å². The number of rotatable bonds is 27. The van der Waals surface area contributed by atoms with E-state index in [1.165, 1.54) is 0 Å². The van der Waals surface area contributed by atoms with Gasteiger partial charge in [0.2, 0.25) is 29.7 Å². The molecule has 4 aromatic rings. The second-order valence-electron chi connectivity index (χ2n) is 16.4. The van der Waals surface area contributed by atoms with Gasteiger partial charge in [0.25, 0.3) is 0 Å². The van der Waals surface area contributed by atoms with Crippen molar-refractivity contribution in [1.82, 2.24) is 54.7 Å². The standard InChI is InChI=1S/C44H65N15O8.ClH/c1-3-23-65-25-27-67-28-26-66-24-13-46-42-47-43(56-18-14-54(15-19-56)40(63)38(6-4-5-12-45)58-32-36(51-53-58)29-33(2)61)49-44(48-42)57-20-16-55(17-21-57)41(64)39(30-34-7-9-37(62)10-8-34)59-31-35(11-22-60)50-52-59;/h1,7-10,31-33,38-39,60-62H,4-6,11-30,45H2,2H3,(H,46,47,48,49);1H/t33?,38-,39-;/m0./s1. The topological polar surface area (TPSA) is 275 Å². The predicted octanol–water partition coefficient (Wildman–Crippen LogP) is -4.25. The van der Waals surface area contributed by atoms with Gasteiger partial charge in [-0.2, -0.15) is 15.0 Å². The Morgan fingerprint density at radius 1 is 0.779 bits per heavy atom. The van der Waals surface area contributed by atoms with E-state index in [-0.39, 0.29) is 43.2 Å². The van der Waals surface area contributed by atoms with Crippen molar-refractivity contribution in [3.8, 4) is 18.1 Å². The zero-order valence-electron chi connectivity index (χ0n) is 38.8. The smallest absolute Gasteiger partial charge is 0.247 e. The fourth-order valence-electron chi connectivity index (χ4n) is 7.79. The molecule has 68 heavy (non-hydrogen) atoms. The molecule has 2 fully saturated rings. The molecule has 5 heterocycles. The lowest BCUT2D eigenvalue weighted by Crippen LogP contribution is -3.00. The van der Waals surface area contributed by atoms with Crippen LogP contribution >= 0.6 is 0 Å². The monoisotopic (exact) mass is 967 g/mol. The summed E-state index contributed by atoms with van der Waals surface area (Å²) in [5.41, 5.74) is 6.02. The largest absolute Gasteiger partial charge is 1.00 e. The summed E-state index contributed by atoms with van der Waals surface area (Å²) in [4.78, 5) is 50.7. The van der Waals surface area contributed by atoms with Gasteiger partial charge in [0, 0.05) is 97.2 Å². The maximum Gasteiger partial charge on any atom is 0.247 e. The first kappa shape index (κ1) is 53.2. The third-order valence-electron chi connectivity index (χ3n) is 11.4. The third-order valence-corrected chi connectivity index (χ3v) is 11.4. The van der Waals surface area contributed by atoms with Gasteiger partial charge in [0.1, 0.15) is 24.4 Å². The van der Waals surface area contributed by atoms with E-state index in [1.54, 1.807) is 57.8 Å². The minimum absolute atomic E-state index is 0. The number of aromatic hydroxyl groups is 1. The van der Waals surface area contributed by atoms with Crippen molar-refractivity contribution in [2.75, 3.05) is 127 Å². The summed E-state index contributed by atoms with van der Waals surface area (Å²) in [6.45, 7) is 8.56. The van der Waals surface area contributed by atoms with E-state index < -0.39 is 18.2 Å². The van der Waals surface area contributed by atoms with E-state index in [2.05, 4.69) is 37.6 Å². The van der Waals surface area contributed by atoms with Crippen LogP contribution in [0.15, 0.2) is 36.7 Å². The normalized spacial score (nSPS) is 15.4. The first-order valence-corrected chi connectivity index (χ1v) is 23.1. The summed E-state index contributed by atoms with van der Waals surface area (Å²) >= 11 is 0. The lowest BCUT2D eigenvalue weighted by atomic mass is 10.0. The zero-order chi connectivity index (χ0) is 47.4. The molecule has 2 aliphatic heterocycles. The molecule has 372 valence electrons. The summed E-state index contributed by atoms with van der Waals surface area (Å²) < 4.78 is 19.7. The van der Waals surface area contributed by atoms with E-state index in [1.807, 2.05) is 14.7 Å². The molecule has 0 radical (unpaired) electrons. The number of terminal acetylenes is 1. The number of unbranched alkanes of at least 4 members (excludes halogenated alkanes) is 1. The molecule has 24 heteroatoms. The Morgan fingerprint density at radius 3 is 1.93 bits per heavy atom. The number of aliphatic hydroxyl groups is 2. The highest BCUT2D eigenvalue weighted by Crippen LogP contribution is 2.25. The maximum absolute atomic E-state index is 14.3. The second-order valence-corrected chi connectivity index (χ2v) is 16.4. The van der Waals surface area contributed by atoms with Gasteiger partial charge in [-0.1, -0.05) is 28.5 Å². The molecule has 0 aliphatic carbocycles. The number of quaternary nitrogens is 1. The van der Waals surface area contributed by atoms with Crippen LogP contribution in [0.5, 0.6) is 5.75 Å². The second kappa shape index (κ2) is 27.9. The number of phenolic OH excluding ortho intramolecular Hbond substituents is 1. The van der Waals surface area contributed by atoms with E-state index >= 15 is 0 Å². The van der Waals surface area contributed by atoms with Gasteiger partial charge < -0.3 is 72.6 Å². The lowest BCUT2D eigenvalue weighted by molar-refractivity contribution is -0.368. The van der Waals surface area contributed by atoms with Gasteiger partial charge in [-0.05, 0) is 43.9 Å². The number of aliphatic hydroxyl groups excluding tert-OH is 2. The molecule has 3 aromatic heterocycles. The van der Waals surface area contributed by atoms with Crippen LogP contribution in [0.3, 0.4) is 0 Å². The number of hydrogen-bond acceptors (Lipinski definition) is 18. The van der Waals surface area contributed by atoms with Crippen LogP contribution in [0.4, 0.5) is 17.8 Å². The molecular formula is C44H66ClN15O8. The van der Waals surface area contributed by atoms with Crippen LogP contribution in [0.25, 0.3) is 0 Å². The summed E-state index contributed by atoms with van der Waals surface area (Å²) in [6, 6.07) is 5.51. The molecule has 2 saturated heterocycles. The number of nitrogens with zero attached hydrogens (tertiary/aromatic N) is 13. The van der Waals surface area contributed by atoms with Crippen molar-refractivity contribution >= 4 is 29.7 Å². The van der Waals surface area contributed by atoms with Crippen molar-refractivity contribution in [2.45, 2.75) is 63.6 Å². The lowest BCUT2D eigenvalue weighted by Gasteiger charge is -2.38. The van der Waals surface area contributed by atoms with Crippen LogP contribution in [0.1, 0.15) is 55.2 Å². The Bertz CT molecular complexity index is 2160. The number of anilines is 3. The quantitative estimate of drug-likeness (QED) is 0.0280. The number of nitrogens with one attached hydrogen (secondary N) is 1. The van der Waals surface area contributed by atoms with Crippen molar-refractivity contribution < 1.29 is 57.3 Å². The SMILES string of the molecule is C#CCOCCOCCOCCNc1nc(N2CCN(C(=O)[C@H](CCCC[NH3+])n3cc(CC(C)O)nn3)CC2)nc(N2CCN(C(=O)[C@H](Cc3ccc(O)cc3)n3cc(CCO)nn3)CC2)n1.[Cl-]. The predicted molar refractivity (Wildman–Crippen MR) is 245 cm³/mol. The Labute approximate surface area is 402 Å². The van der Waals surface area contributed by atoms with Gasteiger partial charge in [0.15, 0.2) is 0 Å². The number of amides is 2. The molecule has 2 amide bonds. The zero-order valence-corrected chi connectivity index (χ0v) is 39.6. The van der Waals surface area contributed by atoms with E-state index in [9.17, 15) is 24.9 Å². The molecule has 1 unspecified atom stereocenters. The molecule has 3 atom stereocenters. The Morgan fingerprint density at radius 2 is 1.34 bits per heavy atom. The van der Waals surface area contributed by atoms with Gasteiger partial charge in [0.05, 0.1) is 57.1 Å². The van der Waals surface area contributed by atoms with Gasteiger partial charge in [-0.3, -0.25) is 9.59 Å². The summed E-state index contributed by atoms with van der Waals surface area (Å²) in [6.07, 6.45) is 11.4. The molecule has 6 rings (SSSR count). The number of ether oxygens (including phenoxy) is 3. The van der Waals surface area contributed by atoms with Crippen molar-refractivity contribution in [3.63, 3.8) is 0 Å². The van der Waals surface area contributed by atoms with Crippen LogP contribution < -0.4 is 33.3 Å². The van der Waals surface area contributed by atoms with E-state index in [0.29, 0.717) is 147 Å². The van der Waals surface area contributed by atoms with Gasteiger partial charge in [-0.15, -0.1) is 16.6 Å². The highest BCUT2D eigenvalue weighted by Gasteiger charge is 2.33. The molecule has 1 aromatic carbocycles. The Hall–Kier alpha value is -5.74. The van der Waals surface area contributed by atoms with Crippen molar-refractivity contribution in [2.24, 2.45) is 0 Å². The third kappa shape index (κ3) is 15.9. The number of hydrogen-bond donors (Lipinski definition) is 5. The number of aromatic nitrogens is 9. The number of phenols is 1. The fraction of sp³-hybridized carbons (Fsp3) is 0.614. The van der Waals surface area contributed by atoms with Crippen molar-refractivity contribution in [1.29, 1.82) is 0 Å². The average Bonchev–Trinajstić information content (AvgIpc) is 4.01. The number of benzene rings is 1. The van der Waals surface area contributed by atoms with Crippen molar-refractivity contribution in [3.05, 3.63) is 53.6 Å². The fourth-order valence-corrected chi connectivity index (χ4v) is 7.79. The molecule has 7 N–H and O–H groups in total. The molecule has 0 spiro atoms. The first-order chi connectivity index (χ1) is 32.6. The molecule has 2 aliphatic rings. The maximum atomic E-state index is 14.3. The number of halogens is 1. The summed E-state index contributed by atoms with van der Waals surface area (Å²) in [5, 5.41) is 49.5. The van der Waals surface area contributed by atoms with Gasteiger partial charge in [-0.25, -0.2) is 9.36 Å². The van der Waals surface area contributed by atoms with E-state index in [4.69, 9.17) is 35.6 Å². The molecular weight excluding hydrogens is 902 g/mol.